The highest BCUT2D eigenvalue weighted by Crippen LogP contribution is 2.27. The first kappa shape index (κ1) is 20.8. The lowest BCUT2D eigenvalue weighted by Gasteiger charge is -2.37. The molecule has 0 bridgehead atoms. The smallest absolute Gasteiger partial charge is 0.213 e. The van der Waals surface area contributed by atoms with Crippen LogP contribution in [0.3, 0.4) is 0 Å². The van der Waals surface area contributed by atoms with Crippen molar-refractivity contribution < 1.29 is 9.84 Å². The molecule has 1 aliphatic rings. The average molecular weight is 398 g/mol. The molecule has 2 N–H and O–H groups in total. The number of benzene rings is 1. The first-order chi connectivity index (χ1) is 14.1. The van der Waals surface area contributed by atoms with E-state index >= 15 is 0 Å². The van der Waals surface area contributed by atoms with E-state index in [1.165, 1.54) is 0 Å². The number of phenols is 1. The van der Waals surface area contributed by atoms with Crippen molar-refractivity contribution in [2.24, 2.45) is 4.99 Å². The first-order valence-corrected chi connectivity index (χ1v) is 10.2. The van der Waals surface area contributed by atoms with E-state index in [1.54, 1.807) is 6.07 Å². The Bertz CT molecular complexity index is 799. The maximum atomic E-state index is 10.1. The summed E-state index contributed by atoms with van der Waals surface area (Å²) in [5, 5.41) is 13.5. The highest BCUT2D eigenvalue weighted by atomic mass is 16.5. The minimum Gasteiger partial charge on any atom is -0.506 e. The van der Waals surface area contributed by atoms with Gasteiger partial charge in [0.05, 0.1) is 18.3 Å². The molecule has 1 aromatic carbocycles. The van der Waals surface area contributed by atoms with Crippen LogP contribution in [0.15, 0.2) is 47.6 Å². The van der Waals surface area contributed by atoms with Crippen LogP contribution < -0.4 is 15.0 Å². The number of phenolic OH excluding ortho intramolecular Hbond substituents is 1. The van der Waals surface area contributed by atoms with Crippen molar-refractivity contribution in [2.45, 2.75) is 33.4 Å². The summed E-state index contributed by atoms with van der Waals surface area (Å²) < 4.78 is 5.59. The molecule has 7 heteroatoms. The number of ether oxygens (including phenoxy) is 1. The van der Waals surface area contributed by atoms with Gasteiger partial charge in [-0.05, 0) is 38.5 Å². The van der Waals surface area contributed by atoms with Crippen LogP contribution in [0.25, 0.3) is 0 Å². The predicted octanol–water partition coefficient (Wildman–Crippen LogP) is 2.86. The standard InChI is InChI=1S/C22H31N5O2/c1-4-23-22(25-16-18-9-10-21(24-15-18)29-17(2)3)27-13-11-26(12-14-27)19-7-5-6-8-20(19)28/h5-10,15,17,28H,4,11-14,16H2,1-3H3,(H,23,25). The van der Waals surface area contributed by atoms with Gasteiger partial charge in [-0.1, -0.05) is 18.2 Å². The number of anilines is 1. The van der Waals surface area contributed by atoms with E-state index in [1.807, 2.05) is 50.4 Å². The molecule has 29 heavy (non-hydrogen) atoms. The van der Waals surface area contributed by atoms with Crippen molar-refractivity contribution in [1.29, 1.82) is 0 Å². The van der Waals surface area contributed by atoms with Crippen molar-refractivity contribution >= 4 is 11.6 Å². The van der Waals surface area contributed by atoms with Gasteiger partial charge in [0.1, 0.15) is 5.75 Å². The van der Waals surface area contributed by atoms with Gasteiger partial charge in [0, 0.05) is 45.0 Å². The molecule has 0 spiro atoms. The number of hydrogen-bond donors (Lipinski definition) is 2. The van der Waals surface area contributed by atoms with Crippen LogP contribution in [0.1, 0.15) is 26.3 Å². The van der Waals surface area contributed by atoms with E-state index in [-0.39, 0.29) is 6.10 Å². The Morgan fingerprint density at radius 3 is 2.55 bits per heavy atom. The zero-order chi connectivity index (χ0) is 20.6. The normalized spacial score (nSPS) is 15.0. The molecular weight excluding hydrogens is 366 g/mol. The molecule has 2 aromatic rings. The SMILES string of the molecule is CCNC(=NCc1ccc(OC(C)C)nc1)N1CCN(c2ccccc2O)CC1. The number of para-hydroxylation sites is 2. The number of nitrogens with zero attached hydrogens (tertiary/aromatic N) is 4. The number of guanidine groups is 1. The fraction of sp³-hybridized carbons (Fsp3) is 0.455. The number of rotatable bonds is 6. The molecule has 0 unspecified atom stereocenters. The Morgan fingerprint density at radius 1 is 1.17 bits per heavy atom. The van der Waals surface area contributed by atoms with E-state index in [2.05, 4.69) is 27.0 Å². The molecule has 0 amide bonds. The fourth-order valence-corrected chi connectivity index (χ4v) is 3.30. The lowest BCUT2D eigenvalue weighted by atomic mass is 10.2. The fourth-order valence-electron chi connectivity index (χ4n) is 3.30. The van der Waals surface area contributed by atoms with Crippen molar-refractivity contribution in [3.63, 3.8) is 0 Å². The monoisotopic (exact) mass is 397 g/mol. The summed E-state index contributed by atoms with van der Waals surface area (Å²) in [6.45, 7) is 10.8. The van der Waals surface area contributed by atoms with Crippen LogP contribution in [-0.2, 0) is 6.54 Å². The Hall–Kier alpha value is -2.96. The summed E-state index contributed by atoms with van der Waals surface area (Å²) in [5.41, 5.74) is 1.94. The number of aromatic nitrogens is 1. The van der Waals surface area contributed by atoms with Gasteiger partial charge in [0.25, 0.3) is 0 Å². The van der Waals surface area contributed by atoms with Crippen LogP contribution >= 0.6 is 0 Å². The highest BCUT2D eigenvalue weighted by molar-refractivity contribution is 5.80. The number of hydrogen-bond acceptors (Lipinski definition) is 5. The summed E-state index contributed by atoms with van der Waals surface area (Å²) >= 11 is 0. The molecule has 2 heterocycles. The zero-order valence-corrected chi connectivity index (χ0v) is 17.5. The molecule has 7 nitrogen and oxygen atoms in total. The second kappa shape index (κ2) is 10.0. The molecule has 1 aromatic heterocycles. The average Bonchev–Trinajstić information content (AvgIpc) is 2.72. The predicted molar refractivity (Wildman–Crippen MR) is 117 cm³/mol. The quantitative estimate of drug-likeness (QED) is 0.577. The molecule has 156 valence electrons. The highest BCUT2D eigenvalue weighted by Gasteiger charge is 2.21. The maximum absolute atomic E-state index is 10.1. The Labute approximate surface area is 173 Å². The summed E-state index contributed by atoms with van der Waals surface area (Å²) in [7, 11) is 0. The molecule has 0 aliphatic carbocycles. The van der Waals surface area contributed by atoms with E-state index in [0.29, 0.717) is 18.2 Å². The van der Waals surface area contributed by atoms with Gasteiger partial charge >= 0.3 is 0 Å². The largest absolute Gasteiger partial charge is 0.506 e. The molecule has 0 atom stereocenters. The first-order valence-electron chi connectivity index (χ1n) is 10.2. The van der Waals surface area contributed by atoms with E-state index < -0.39 is 0 Å². The van der Waals surface area contributed by atoms with Crippen LogP contribution in [-0.4, -0.2) is 59.8 Å². The molecule has 1 aliphatic heterocycles. The van der Waals surface area contributed by atoms with Crippen molar-refractivity contribution in [3.8, 4) is 11.6 Å². The second-order valence-corrected chi connectivity index (χ2v) is 7.30. The molecule has 0 saturated carbocycles. The second-order valence-electron chi connectivity index (χ2n) is 7.30. The number of piperazine rings is 1. The third kappa shape index (κ3) is 5.76. The Balaban J connectivity index is 1.60. The van der Waals surface area contributed by atoms with Gasteiger partial charge in [0.15, 0.2) is 5.96 Å². The minimum atomic E-state index is 0.114. The van der Waals surface area contributed by atoms with Gasteiger partial charge in [-0.3, -0.25) is 0 Å². The van der Waals surface area contributed by atoms with Gasteiger partial charge < -0.3 is 25.0 Å². The lowest BCUT2D eigenvalue weighted by molar-refractivity contribution is 0.232. The van der Waals surface area contributed by atoms with Crippen LogP contribution in [0.4, 0.5) is 5.69 Å². The Kier molecular flexibility index (Phi) is 7.16. The lowest BCUT2D eigenvalue weighted by Crippen LogP contribution is -2.52. The number of nitrogens with one attached hydrogen (secondary N) is 1. The van der Waals surface area contributed by atoms with Gasteiger partial charge in [-0.2, -0.15) is 0 Å². The summed E-state index contributed by atoms with van der Waals surface area (Å²) in [6.07, 6.45) is 1.93. The maximum Gasteiger partial charge on any atom is 0.213 e. The van der Waals surface area contributed by atoms with E-state index in [0.717, 1.165) is 49.9 Å². The van der Waals surface area contributed by atoms with Crippen LogP contribution in [0.2, 0.25) is 0 Å². The van der Waals surface area contributed by atoms with Crippen LogP contribution in [0, 0.1) is 0 Å². The van der Waals surface area contributed by atoms with E-state index in [9.17, 15) is 5.11 Å². The van der Waals surface area contributed by atoms with Crippen LogP contribution in [0.5, 0.6) is 11.6 Å². The van der Waals surface area contributed by atoms with Gasteiger partial charge in [0.2, 0.25) is 5.88 Å². The topological polar surface area (TPSA) is 73.2 Å². The molecule has 1 saturated heterocycles. The molecular formula is C22H31N5O2. The van der Waals surface area contributed by atoms with Crippen molar-refractivity contribution in [3.05, 3.63) is 48.2 Å². The summed E-state index contributed by atoms with van der Waals surface area (Å²) in [5.74, 6) is 1.88. The minimum absolute atomic E-state index is 0.114. The molecule has 3 rings (SSSR count). The third-order valence-corrected chi connectivity index (χ3v) is 4.70. The zero-order valence-electron chi connectivity index (χ0n) is 17.5. The number of aromatic hydroxyl groups is 1. The number of pyridine rings is 1. The van der Waals surface area contributed by atoms with Gasteiger partial charge in [-0.15, -0.1) is 0 Å². The van der Waals surface area contributed by atoms with Crippen molar-refractivity contribution in [1.82, 2.24) is 15.2 Å². The Morgan fingerprint density at radius 2 is 1.93 bits per heavy atom. The van der Waals surface area contributed by atoms with Crippen molar-refractivity contribution in [2.75, 3.05) is 37.6 Å². The molecule has 1 fully saturated rings. The summed E-state index contributed by atoms with van der Waals surface area (Å²) in [6, 6.07) is 11.4. The number of aliphatic imine (C=N–C) groups is 1. The molecule has 0 radical (unpaired) electrons. The summed E-state index contributed by atoms with van der Waals surface area (Å²) in [4.78, 5) is 13.6. The van der Waals surface area contributed by atoms with E-state index in [4.69, 9.17) is 9.73 Å². The van der Waals surface area contributed by atoms with Gasteiger partial charge in [-0.25, -0.2) is 9.98 Å². The third-order valence-electron chi connectivity index (χ3n) is 4.70.